The van der Waals surface area contributed by atoms with E-state index in [0.29, 0.717) is 19.5 Å². The maximum atomic E-state index is 11.0. The molecule has 2 N–H and O–H groups in total. The number of amides is 2. The van der Waals surface area contributed by atoms with Crippen molar-refractivity contribution in [1.29, 1.82) is 0 Å². The van der Waals surface area contributed by atoms with Crippen LogP contribution in [-0.2, 0) is 4.79 Å². The van der Waals surface area contributed by atoms with Gasteiger partial charge in [0.15, 0.2) is 0 Å². The first-order chi connectivity index (χ1) is 6.16. The number of hydrogen-bond donors (Lipinski definition) is 2. The summed E-state index contributed by atoms with van der Waals surface area (Å²) in [6, 6.07) is -0.185. The quantitative estimate of drug-likeness (QED) is 0.609. The number of carbonyl (C=O) groups is 2. The first kappa shape index (κ1) is 11.9. The first-order valence-corrected chi connectivity index (χ1v) is 4.68. The van der Waals surface area contributed by atoms with Crippen LogP contribution in [0.25, 0.3) is 0 Å². The molecular formula is C9H18N2O2. The lowest BCUT2D eigenvalue weighted by Crippen LogP contribution is -2.36. The Kier molecular flexibility index (Phi) is 6.96. The van der Waals surface area contributed by atoms with E-state index in [2.05, 4.69) is 17.6 Å². The molecule has 0 radical (unpaired) electrons. The number of rotatable bonds is 6. The summed E-state index contributed by atoms with van der Waals surface area (Å²) in [6.07, 6.45) is 2.45. The second-order valence-electron chi connectivity index (χ2n) is 2.99. The molecule has 0 saturated carbocycles. The maximum Gasteiger partial charge on any atom is 0.314 e. The first-order valence-electron chi connectivity index (χ1n) is 4.68. The average molecular weight is 186 g/mol. The average Bonchev–Trinajstić information content (AvgIpc) is 2.04. The van der Waals surface area contributed by atoms with Gasteiger partial charge in [-0.3, -0.25) is 4.79 Å². The van der Waals surface area contributed by atoms with Crippen LogP contribution < -0.4 is 10.6 Å². The summed E-state index contributed by atoms with van der Waals surface area (Å²) in [5.74, 6) is 0.0915. The van der Waals surface area contributed by atoms with E-state index in [0.717, 1.165) is 12.8 Å². The third-order valence-electron chi connectivity index (χ3n) is 1.58. The largest absolute Gasteiger partial charge is 0.338 e. The molecule has 0 aliphatic carbocycles. The Bertz CT molecular complexity index is 169. The molecule has 0 aromatic carbocycles. The number of unbranched alkanes of at least 4 members (excludes halogenated alkanes) is 1. The van der Waals surface area contributed by atoms with Crippen molar-refractivity contribution in [2.75, 3.05) is 13.1 Å². The van der Waals surface area contributed by atoms with Gasteiger partial charge in [-0.2, -0.15) is 0 Å². The van der Waals surface area contributed by atoms with Gasteiger partial charge < -0.3 is 10.6 Å². The molecule has 76 valence electrons. The highest BCUT2D eigenvalue weighted by Crippen LogP contribution is 1.82. The fourth-order valence-corrected chi connectivity index (χ4v) is 0.793. The van der Waals surface area contributed by atoms with Gasteiger partial charge in [-0.1, -0.05) is 13.3 Å². The van der Waals surface area contributed by atoms with E-state index in [-0.39, 0.29) is 11.8 Å². The fraction of sp³-hybridized carbons (Fsp3) is 0.778. The van der Waals surface area contributed by atoms with Crippen molar-refractivity contribution < 1.29 is 9.59 Å². The topological polar surface area (TPSA) is 58.2 Å². The van der Waals surface area contributed by atoms with Crippen molar-refractivity contribution >= 4 is 11.8 Å². The molecule has 0 aliphatic heterocycles. The summed E-state index contributed by atoms with van der Waals surface area (Å²) < 4.78 is 0. The third kappa shape index (κ3) is 8.85. The zero-order valence-corrected chi connectivity index (χ0v) is 8.35. The van der Waals surface area contributed by atoms with Crippen LogP contribution in [0, 0.1) is 0 Å². The molecule has 4 nitrogen and oxygen atoms in total. The number of Topliss-reactive ketones (excluding diaryl/α,β-unsaturated/α-hetero) is 1. The molecule has 13 heavy (non-hydrogen) atoms. The molecule has 0 aliphatic rings. The Morgan fingerprint density at radius 3 is 2.31 bits per heavy atom. The monoisotopic (exact) mass is 186 g/mol. The van der Waals surface area contributed by atoms with Crippen LogP contribution in [-0.4, -0.2) is 24.9 Å². The highest BCUT2D eigenvalue weighted by atomic mass is 16.2. The minimum atomic E-state index is -0.185. The van der Waals surface area contributed by atoms with E-state index in [4.69, 9.17) is 0 Å². The van der Waals surface area contributed by atoms with Crippen LogP contribution in [0.5, 0.6) is 0 Å². The molecular weight excluding hydrogens is 168 g/mol. The van der Waals surface area contributed by atoms with Crippen LogP contribution in [0.2, 0.25) is 0 Å². The van der Waals surface area contributed by atoms with E-state index in [1.54, 1.807) is 0 Å². The van der Waals surface area contributed by atoms with Gasteiger partial charge in [0, 0.05) is 19.5 Å². The van der Waals surface area contributed by atoms with Crippen molar-refractivity contribution in [3.63, 3.8) is 0 Å². The highest BCUT2D eigenvalue weighted by Gasteiger charge is 1.98. The van der Waals surface area contributed by atoms with Gasteiger partial charge in [0.05, 0.1) is 0 Å². The van der Waals surface area contributed by atoms with Crippen LogP contribution in [0.4, 0.5) is 4.79 Å². The molecule has 0 unspecified atom stereocenters. The smallest absolute Gasteiger partial charge is 0.314 e. The van der Waals surface area contributed by atoms with E-state index < -0.39 is 0 Å². The minimum Gasteiger partial charge on any atom is -0.338 e. The van der Waals surface area contributed by atoms with E-state index in [9.17, 15) is 9.59 Å². The second-order valence-corrected chi connectivity index (χ2v) is 2.99. The molecule has 0 aromatic rings. The number of nitrogens with one attached hydrogen (secondary N) is 2. The predicted molar refractivity (Wildman–Crippen MR) is 51.6 cm³/mol. The molecule has 0 bridgehead atoms. The summed E-state index contributed by atoms with van der Waals surface area (Å²) in [6.45, 7) is 4.70. The summed E-state index contributed by atoms with van der Waals surface area (Å²) >= 11 is 0. The highest BCUT2D eigenvalue weighted by molar-refractivity contribution is 5.77. The summed E-state index contributed by atoms with van der Waals surface area (Å²) in [7, 11) is 0. The lowest BCUT2D eigenvalue weighted by molar-refractivity contribution is -0.116. The summed E-state index contributed by atoms with van der Waals surface area (Å²) in [4.78, 5) is 21.5. The Morgan fingerprint density at radius 1 is 1.15 bits per heavy atom. The molecule has 0 fully saturated rings. The van der Waals surface area contributed by atoms with Gasteiger partial charge in [0.1, 0.15) is 5.78 Å². The SMILES string of the molecule is CCCCNC(=O)NCCC(C)=O. The summed E-state index contributed by atoms with van der Waals surface area (Å²) in [5, 5.41) is 5.30. The number of carbonyl (C=O) groups excluding carboxylic acids is 2. The van der Waals surface area contributed by atoms with Gasteiger partial charge in [0.2, 0.25) is 0 Å². The second kappa shape index (κ2) is 7.58. The van der Waals surface area contributed by atoms with Crippen LogP contribution in [0.3, 0.4) is 0 Å². The van der Waals surface area contributed by atoms with Crippen LogP contribution in [0.1, 0.15) is 33.1 Å². The zero-order valence-electron chi connectivity index (χ0n) is 8.35. The number of urea groups is 1. The summed E-state index contributed by atoms with van der Waals surface area (Å²) in [5.41, 5.74) is 0. The van der Waals surface area contributed by atoms with Gasteiger partial charge in [-0.15, -0.1) is 0 Å². The van der Waals surface area contributed by atoms with Crippen molar-refractivity contribution in [2.45, 2.75) is 33.1 Å². The molecule has 0 heterocycles. The van der Waals surface area contributed by atoms with Gasteiger partial charge >= 0.3 is 6.03 Å². The Hall–Kier alpha value is -1.06. The zero-order chi connectivity index (χ0) is 10.1. The molecule has 0 spiro atoms. The normalized spacial score (nSPS) is 9.38. The van der Waals surface area contributed by atoms with Crippen molar-refractivity contribution in [2.24, 2.45) is 0 Å². The Labute approximate surface area is 79.1 Å². The van der Waals surface area contributed by atoms with Crippen molar-refractivity contribution in [3.8, 4) is 0 Å². The minimum absolute atomic E-state index is 0.0915. The molecule has 0 atom stereocenters. The molecule has 0 saturated heterocycles. The molecule has 0 rings (SSSR count). The standard InChI is InChI=1S/C9H18N2O2/c1-3-4-6-10-9(13)11-7-5-8(2)12/h3-7H2,1-2H3,(H2,10,11,13). The van der Waals surface area contributed by atoms with Crippen molar-refractivity contribution in [1.82, 2.24) is 10.6 Å². The Balaban J connectivity index is 3.25. The van der Waals surface area contributed by atoms with E-state index >= 15 is 0 Å². The van der Waals surface area contributed by atoms with Gasteiger partial charge in [-0.05, 0) is 13.3 Å². The third-order valence-corrected chi connectivity index (χ3v) is 1.58. The van der Waals surface area contributed by atoms with E-state index in [1.807, 2.05) is 0 Å². The van der Waals surface area contributed by atoms with E-state index in [1.165, 1.54) is 6.92 Å². The van der Waals surface area contributed by atoms with Crippen molar-refractivity contribution in [3.05, 3.63) is 0 Å². The van der Waals surface area contributed by atoms with Gasteiger partial charge in [0.25, 0.3) is 0 Å². The molecule has 2 amide bonds. The fourth-order valence-electron chi connectivity index (χ4n) is 0.793. The lowest BCUT2D eigenvalue weighted by atomic mass is 10.3. The van der Waals surface area contributed by atoms with Crippen LogP contribution >= 0.6 is 0 Å². The molecule has 0 aromatic heterocycles. The lowest BCUT2D eigenvalue weighted by Gasteiger charge is -2.05. The predicted octanol–water partition coefficient (Wildman–Crippen LogP) is 1.06. The number of ketones is 1. The number of hydrogen-bond acceptors (Lipinski definition) is 2. The molecule has 4 heteroatoms. The van der Waals surface area contributed by atoms with Crippen LogP contribution in [0.15, 0.2) is 0 Å². The maximum absolute atomic E-state index is 11.0. The van der Waals surface area contributed by atoms with Gasteiger partial charge in [-0.25, -0.2) is 4.79 Å². The Morgan fingerprint density at radius 2 is 1.77 bits per heavy atom.